The maximum atomic E-state index is 2.61. The van der Waals surface area contributed by atoms with Gasteiger partial charge in [-0.05, 0) is 108 Å². The topological polar surface area (TPSA) is 0 Å². The summed E-state index contributed by atoms with van der Waals surface area (Å²) in [5.74, 6) is 9.52. The largest absolute Gasteiger partial charge is 0.140 e. The van der Waals surface area contributed by atoms with Gasteiger partial charge in [-0.1, -0.05) is 79.8 Å². The van der Waals surface area contributed by atoms with Crippen LogP contribution < -0.4 is 0 Å². The van der Waals surface area contributed by atoms with Gasteiger partial charge in [-0.2, -0.15) is 0 Å². The van der Waals surface area contributed by atoms with E-state index in [4.69, 9.17) is 0 Å². The summed E-state index contributed by atoms with van der Waals surface area (Å²) in [5, 5.41) is 0. The van der Waals surface area contributed by atoms with Crippen LogP contribution >= 0.6 is 0 Å². The van der Waals surface area contributed by atoms with Gasteiger partial charge in [0.25, 0.3) is 0 Å². The molecule has 0 aliphatic heterocycles. The number of fused-ring (bicyclic) bond motifs is 6. The van der Waals surface area contributed by atoms with Gasteiger partial charge >= 0.3 is 0 Å². The normalized spacial score (nSPS) is 49.9. The van der Waals surface area contributed by atoms with Crippen molar-refractivity contribution >= 4 is 6.71 Å². The van der Waals surface area contributed by atoms with E-state index in [0.29, 0.717) is 16.2 Å². The van der Waals surface area contributed by atoms with Crippen LogP contribution in [0.4, 0.5) is 0 Å². The molecule has 0 amide bonds. The molecule has 0 N–H and O–H groups in total. The average molecular weight is 423 g/mol. The van der Waals surface area contributed by atoms with E-state index >= 15 is 0 Å². The van der Waals surface area contributed by atoms with Gasteiger partial charge in [0.15, 0.2) is 0 Å². The molecule has 0 unspecified atom stereocenters. The van der Waals surface area contributed by atoms with Crippen molar-refractivity contribution in [3.63, 3.8) is 0 Å². The molecule has 6 bridgehead atoms. The maximum absolute atomic E-state index is 2.61. The molecule has 31 heavy (non-hydrogen) atoms. The Hall–Kier alpha value is 0.0649. The van der Waals surface area contributed by atoms with E-state index in [1.54, 1.807) is 76.7 Å². The molecule has 0 saturated heterocycles. The van der Waals surface area contributed by atoms with Crippen LogP contribution in [0.5, 0.6) is 0 Å². The molecule has 9 saturated carbocycles. The highest BCUT2D eigenvalue weighted by molar-refractivity contribution is 6.59. The van der Waals surface area contributed by atoms with Crippen molar-refractivity contribution in [3.8, 4) is 0 Å². The Morgan fingerprint density at radius 2 is 0.774 bits per heavy atom. The lowest BCUT2D eigenvalue weighted by molar-refractivity contribution is -0.104. The van der Waals surface area contributed by atoms with Crippen LogP contribution in [0.3, 0.4) is 0 Å². The summed E-state index contributed by atoms with van der Waals surface area (Å²) in [6, 6.07) is 0. The van der Waals surface area contributed by atoms with Crippen LogP contribution in [0.25, 0.3) is 0 Å². The van der Waals surface area contributed by atoms with Gasteiger partial charge in [-0.25, -0.2) is 0 Å². The highest BCUT2D eigenvalue weighted by atomic mass is 14.6. The summed E-state index contributed by atoms with van der Waals surface area (Å²) in [5.41, 5.74) is 1.99. The molecule has 0 aromatic heterocycles. The molecular formula is C30H51B. The van der Waals surface area contributed by atoms with Crippen molar-refractivity contribution in [2.75, 3.05) is 0 Å². The lowest BCUT2D eigenvalue weighted by Crippen LogP contribution is -2.55. The van der Waals surface area contributed by atoms with Gasteiger partial charge in [-0.3, -0.25) is 0 Å². The van der Waals surface area contributed by atoms with E-state index in [9.17, 15) is 0 Å². The summed E-state index contributed by atoms with van der Waals surface area (Å²) in [7, 11) is 0. The fourth-order valence-corrected chi connectivity index (χ4v) is 11.3. The van der Waals surface area contributed by atoms with E-state index in [0.717, 1.165) is 60.0 Å². The summed E-state index contributed by atoms with van der Waals surface area (Å²) < 4.78 is 0. The molecule has 0 nitrogen and oxygen atoms in total. The smallest absolute Gasteiger partial charge is 0.0710 e. The highest BCUT2D eigenvalue weighted by Gasteiger charge is 2.58. The second-order valence-corrected chi connectivity index (χ2v) is 15.7. The molecule has 0 radical (unpaired) electrons. The zero-order valence-corrected chi connectivity index (χ0v) is 21.8. The molecule has 9 aliphatic carbocycles. The minimum absolute atomic E-state index is 0.662. The Morgan fingerprint density at radius 1 is 0.484 bits per heavy atom. The van der Waals surface area contributed by atoms with Crippen molar-refractivity contribution < 1.29 is 0 Å². The molecule has 0 heterocycles. The third kappa shape index (κ3) is 3.12. The Kier molecular flexibility index (Phi) is 4.90. The molecule has 1 heteroatoms. The first-order valence-corrected chi connectivity index (χ1v) is 14.6. The van der Waals surface area contributed by atoms with Crippen molar-refractivity contribution in [3.05, 3.63) is 0 Å². The minimum Gasteiger partial charge on any atom is -0.0710 e. The fraction of sp³-hybridized carbons (Fsp3) is 1.00. The Morgan fingerprint density at radius 3 is 1.00 bits per heavy atom. The first kappa shape index (κ1) is 21.6. The molecule has 0 spiro atoms. The SMILES string of the molecule is CC1(C)[C@@H]2CC[C@@H](CB(C[C@@H]3CC[C@@H]4C[C@H]3C4(C)C)C[C@@H]3CC[C@@H]4C[C@H]3C4(C)C)[C@H]1C2. The monoisotopic (exact) mass is 422 g/mol. The maximum Gasteiger partial charge on any atom is 0.140 e. The zero-order chi connectivity index (χ0) is 21.8. The molecule has 9 atom stereocenters. The van der Waals surface area contributed by atoms with Crippen LogP contribution in [0.2, 0.25) is 19.0 Å². The molecule has 0 aromatic carbocycles. The number of rotatable bonds is 6. The number of hydrogen-bond donors (Lipinski definition) is 0. The minimum atomic E-state index is 0.662. The van der Waals surface area contributed by atoms with Gasteiger partial charge in [0.1, 0.15) is 6.71 Å². The summed E-state index contributed by atoms with van der Waals surface area (Å²) >= 11 is 0. The molecule has 0 aromatic rings. The number of hydrogen-bond acceptors (Lipinski definition) is 0. The summed E-state index contributed by atoms with van der Waals surface area (Å²) in [6.07, 6.45) is 18.9. The summed E-state index contributed by atoms with van der Waals surface area (Å²) in [4.78, 5) is 0. The molecule has 9 fully saturated rings. The standard InChI is InChI=1S/C30H51B/c1-28(2)22-10-7-19(25(28)13-22)16-31(17-20-8-11-23-14-26(20)29(23,3)4)18-21-9-12-24-15-27(21)30(24,5)6/h19-27H,7-18H2,1-6H3/t19-,20-,21-,22+,23+,24+,25+,26+,27+/m0/s1. The Bertz CT molecular complexity index is 602. The van der Waals surface area contributed by atoms with Crippen LogP contribution in [0, 0.1) is 69.5 Å². The van der Waals surface area contributed by atoms with E-state index in [1.165, 1.54) is 0 Å². The van der Waals surface area contributed by atoms with Crippen molar-refractivity contribution in [2.45, 2.75) is 118 Å². The Balaban J connectivity index is 1.18. The van der Waals surface area contributed by atoms with Crippen molar-refractivity contribution in [1.29, 1.82) is 0 Å². The lowest BCUT2D eigenvalue weighted by atomic mass is 9.30. The third-order valence-electron chi connectivity index (χ3n) is 13.9. The molecule has 9 aliphatic rings. The van der Waals surface area contributed by atoms with Gasteiger partial charge in [0, 0.05) is 0 Å². The van der Waals surface area contributed by atoms with E-state index in [1.807, 2.05) is 0 Å². The third-order valence-corrected chi connectivity index (χ3v) is 13.9. The van der Waals surface area contributed by atoms with Gasteiger partial charge < -0.3 is 0 Å². The quantitative estimate of drug-likeness (QED) is 0.376. The van der Waals surface area contributed by atoms with Gasteiger partial charge in [0.05, 0.1) is 0 Å². The molecule has 174 valence electrons. The van der Waals surface area contributed by atoms with Crippen molar-refractivity contribution in [2.24, 2.45) is 69.5 Å². The second-order valence-electron chi connectivity index (χ2n) is 15.7. The first-order chi connectivity index (χ1) is 14.6. The van der Waals surface area contributed by atoms with Crippen LogP contribution in [-0.4, -0.2) is 6.71 Å². The van der Waals surface area contributed by atoms with Crippen LogP contribution in [0.1, 0.15) is 99.3 Å². The lowest BCUT2D eigenvalue weighted by Gasteiger charge is -2.62. The zero-order valence-electron chi connectivity index (χ0n) is 21.8. The average Bonchev–Trinajstić information content (AvgIpc) is 2.73. The second kappa shape index (κ2) is 7.04. The van der Waals surface area contributed by atoms with Gasteiger partial charge in [-0.15, -0.1) is 0 Å². The van der Waals surface area contributed by atoms with Gasteiger partial charge in [0.2, 0.25) is 0 Å². The predicted octanol–water partition coefficient (Wildman–Crippen LogP) is 8.70. The van der Waals surface area contributed by atoms with Crippen LogP contribution in [-0.2, 0) is 0 Å². The highest BCUT2D eigenvalue weighted by Crippen LogP contribution is 2.66. The Labute approximate surface area is 194 Å². The summed E-state index contributed by atoms with van der Waals surface area (Å²) in [6.45, 7) is 16.7. The predicted molar refractivity (Wildman–Crippen MR) is 134 cm³/mol. The van der Waals surface area contributed by atoms with E-state index in [2.05, 4.69) is 41.5 Å². The van der Waals surface area contributed by atoms with Crippen molar-refractivity contribution in [1.82, 2.24) is 0 Å². The van der Waals surface area contributed by atoms with E-state index < -0.39 is 0 Å². The van der Waals surface area contributed by atoms with E-state index in [-0.39, 0.29) is 0 Å². The molecular weight excluding hydrogens is 371 g/mol. The first-order valence-electron chi connectivity index (χ1n) is 14.6. The molecule has 9 rings (SSSR count). The fourth-order valence-electron chi connectivity index (χ4n) is 11.3. The van der Waals surface area contributed by atoms with Crippen LogP contribution in [0.15, 0.2) is 0 Å².